The molecule has 0 N–H and O–H groups in total. The second kappa shape index (κ2) is 7.33. The molecule has 0 atom stereocenters. The molecule has 0 aliphatic rings. The van der Waals surface area contributed by atoms with Crippen LogP contribution in [-0.4, -0.2) is 6.61 Å². The van der Waals surface area contributed by atoms with Crippen LogP contribution < -0.4 is 4.74 Å². The van der Waals surface area contributed by atoms with Crippen molar-refractivity contribution in [2.45, 2.75) is 0 Å². The molecule has 0 saturated heterocycles. The molecule has 3 heteroatoms. The summed E-state index contributed by atoms with van der Waals surface area (Å²) < 4.78 is 6.36. The summed E-state index contributed by atoms with van der Waals surface area (Å²) in [5, 5.41) is 9.33. The van der Waals surface area contributed by atoms with Crippen molar-refractivity contribution in [3.05, 3.63) is 64.1 Å². The van der Waals surface area contributed by atoms with E-state index in [0.29, 0.717) is 11.3 Å². The first-order valence-electron chi connectivity index (χ1n) is 6.27. The maximum Gasteiger partial charge on any atom is 0.148 e. The molecule has 0 heterocycles. The molecular formula is C18H12BrNO. The van der Waals surface area contributed by atoms with Gasteiger partial charge >= 0.3 is 0 Å². The lowest BCUT2D eigenvalue weighted by molar-refractivity contribution is 0.370. The lowest BCUT2D eigenvalue weighted by Crippen LogP contribution is -1.93. The topological polar surface area (TPSA) is 33.0 Å². The van der Waals surface area contributed by atoms with E-state index in [2.05, 4.69) is 27.9 Å². The number of nitriles is 1. The molecule has 0 aromatic heterocycles. The van der Waals surface area contributed by atoms with Crippen molar-refractivity contribution < 1.29 is 4.74 Å². The fraction of sp³-hybridized carbons (Fsp3) is 0.0556. The number of rotatable bonds is 4. The molecule has 2 aromatic carbocycles. The van der Waals surface area contributed by atoms with Gasteiger partial charge in [0.25, 0.3) is 0 Å². The second-order valence-corrected chi connectivity index (χ2v) is 5.16. The van der Waals surface area contributed by atoms with E-state index in [1.165, 1.54) is 0 Å². The Bertz CT molecular complexity index is 733. The van der Waals surface area contributed by atoms with Gasteiger partial charge in [0.05, 0.1) is 11.6 Å². The Labute approximate surface area is 132 Å². The van der Waals surface area contributed by atoms with Crippen LogP contribution in [0.5, 0.6) is 5.75 Å². The molecule has 0 saturated carbocycles. The summed E-state index contributed by atoms with van der Waals surface area (Å²) in [5.41, 5.74) is 2.36. The molecule has 2 rings (SSSR count). The van der Waals surface area contributed by atoms with E-state index in [9.17, 15) is 5.26 Å². The molecule has 21 heavy (non-hydrogen) atoms. The standard InChI is InChI=1S/C18H12BrNO/c1-2-10-21-18-5-3-4-14(12-18)11-16(13-20)15-6-8-17(19)9-7-15/h1,3-9,11-12H,10H2. The number of allylic oxidation sites excluding steroid dienone is 1. The van der Waals surface area contributed by atoms with Crippen LogP contribution in [0.15, 0.2) is 53.0 Å². The predicted octanol–water partition coefficient (Wildman–Crippen LogP) is 4.53. The summed E-state index contributed by atoms with van der Waals surface area (Å²) in [7, 11) is 0. The van der Waals surface area contributed by atoms with Gasteiger partial charge < -0.3 is 4.74 Å². The summed E-state index contributed by atoms with van der Waals surface area (Å²) in [5.74, 6) is 3.11. The van der Waals surface area contributed by atoms with Gasteiger partial charge in [0.15, 0.2) is 0 Å². The highest BCUT2D eigenvalue weighted by Gasteiger charge is 2.02. The molecule has 0 bridgehead atoms. The normalized spacial score (nSPS) is 10.5. The smallest absolute Gasteiger partial charge is 0.148 e. The van der Waals surface area contributed by atoms with Crippen molar-refractivity contribution in [3.63, 3.8) is 0 Å². The minimum absolute atomic E-state index is 0.227. The molecule has 102 valence electrons. The first-order chi connectivity index (χ1) is 10.2. The quantitative estimate of drug-likeness (QED) is 0.466. The zero-order chi connectivity index (χ0) is 15.1. The summed E-state index contributed by atoms with van der Waals surface area (Å²) >= 11 is 3.38. The van der Waals surface area contributed by atoms with Crippen LogP contribution in [0.4, 0.5) is 0 Å². The highest BCUT2D eigenvalue weighted by molar-refractivity contribution is 9.10. The van der Waals surface area contributed by atoms with Gasteiger partial charge in [-0.15, -0.1) is 6.42 Å². The Morgan fingerprint density at radius 3 is 2.67 bits per heavy atom. The van der Waals surface area contributed by atoms with Crippen LogP contribution in [-0.2, 0) is 0 Å². The van der Waals surface area contributed by atoms with Crippen LogP contribution >= 0.6 is 15.9 Å². The first kappa shape index (κ1) is 14.9. The van der Waals surface area contributed by atoms with E-state index in [1.54, 1.807) is 0 Å². The van der Waals surface area contributed by atoms with Crippen molar-refractivity contribution in [1.82, 2.24) is 0 Å². The molecule has 0 radical (unpaired) electrons. The number of halogens is 1. The summed E-state index contributed by atoms with van der Waals surface area (Å²) in [6, 6.07) is 17.3. The van der Waals surface area contributed by atoms with Gasteiger partial charge in [-0.1, -0.05) is 46.1 Å². The van der Waals surface area contributed by atoms with E-state index in [1.807, 2.05) is 54.6 Å². The summed E-state index contributed by atoms with van der Waals surface area (Å²) in [6.45, 7) is 0.227. The van der Waals surface area contributed by atoms with E-state index in [-0.39, 0.29) is 6.61 Å². The van der Waals surface area contributed by atoms with E-state index in [4.69, 9.17) is 11.2 Å². The average Bonchev–Trinajstić information content (AvgIpc) is 2.52. The first-order valence-corrected chi connectivity index (χ1v) is 7.06. The number of nitrogens with zero attached hydrogens (tertiary/aromatic N) is 1. The van der Waals surface area contributed by atoms with E-state index in [0.717, 1.165) is 15.6 Å². The van der Waals surface area contributed by atoms with Gasteiger partial charge in [-0.2, -0.15) is 5.26 Å². The van der Waals surface area contributed by atoms with Gasteiger partial charge in [0.1, 0.15) is 12.4 Å². The number of benzene rings is 2. The predicted molar refractivity (Wildman–Crippen MR) is 88.4 cm³/mol. The number of ether oxygens (including phenoxy) is 1. The third-order valence-corrected chi connectivity index (χ3v) is 3.30. The molecule has 0 unspecified atom stereocenters. The Morgan fingerprint density at radius 2 is 2.00 bits per heavy atom. The molecule has 0 aliphatic heterocycles. The zero-order valence-corrected chi connectivity index (χ0v) is 12.8. The van der Waals surface area contributed by atoms with Gasteiger partial charge in [0, 0.05) is 4.47 Å². The average molecular weight is 338 g/mol. The zero-order valence-electron chi connectivity index (χ0n) is 11.2. The van der Waals surface area contributed by atoms with E-state index < -0.39 is 0 Å². The Hall–Kier alpha value is -2.49. The van der Waals surface area contributed by atoms with Gasteiger partial charge in [-0.25, -0.2) is 0 Å². The largest absolute Gasteiger partial charge is 0.481 e. The lowest BCUT2D eigenvalue weighted by Gasteiger charge is -2.04. The fourth-order valence-corrected chi connectivity index (χ4v) is 2.06. The van der Waals surface area contributed by atoms with Gasteiger partial charge in [-0.05, 0) is 41.5 Å². The van der Waals surface area contributed by atoms with E-state index >= 15 is 0 Å². The second-order valence-electron chi connectivity index (χ2n) is 4.24. The van der Waals surface area contributed by atoms with Crippen molar-refractivity contribution in [2.24, 2.45) is 0 Å². The van der Waals surface area contributed by atoms with Crippen LogP contribution in [0.1, 0.15) is 11.1 Å². The Balaban J connectivity index is 2.30. The SMILES string of the molecule is C#CCOc1cccc(C=C(C#N)c2ccc(Br)cc2)c1. The van der Waals surface area contributed by atoms with Crippen LogP contribution in [0.2, 0.25) is 0 Å². The molecule has 0 aliphatic carbocycles. The van der Waals surface area contributed by atoms with Crippen LogP contribution in [0, 0.1) is 23.7 Å². The summed E-state index contributed by atoms with van der Waals surface area (Å²) in [6.07, 6.45) is 7.00. The monoisotopic (exact) mass is 337 g/mol. The molecule has 2 aromatic rings. The molecule has 0 fully saturated rings. The maximum absolute atomic E-state index is 9.33. The van der Waals surface area contributed by atoms with Crippen molar-refractivity contribution in [1.29, 1.82) is 5.26 Å². The number of hydrogen-bond donors (Lipinski definition) is 0. The molecule has 2 nitrogen and oxygen atoms in total. The van der Waals surface area contributed by atoms with Crippen LogP contribution in [0.3, 0.4) is 0 Å². The van der Waals surface area contributed by atoms with Crippen LogP contribution in [0.25, 0.3) is 11.6 Å². The molecule has 0 amide bonds. The third-order valence-electron chi connectivity index (χ3n) is 2.77. The number of hydrogen-bond acceptors (Lipinski definition) is 2. The fourth-order valence-electron chi connectivity index (χ4n) is 1.80. The molecular weight excluding hydrogens is 326 g/mol. The highest BCUT2D eigenvalue weighted by atomic mass is 79.9. The minimum Gasteiger partial charge on any atom is -0.481 e. The third kappa shape index (κ3) is 4.24. The van der Waals surface area contributed by atoms with Gasteiger partial charge in [0.2, 0.25) is 0 Å². The molecule has 0 spiro atoms. The van der Waals surface area contributed by atoms with Crippen molar-refractivity contribution in [2.75, 3.05) is 6.61 Å². The number of terminal acetylenes is 1. The van der Waals surface area contributed by atoms with Crippen molar-refractivity contribution in [3.8, 4) is 24.2 Å². The highest BCUT2D eigenvalue weighted by Crippen LogP contribution is 2.22. The summed E-state index contributed by atoms with van der Waals surface area (Å²) in [4.78, 5) is 0. The minimum atomic E-state index is 0.227. The van der Waals surface area contributed by atoms with Gasteiger partial charge in [-0.3, -0.25) is 0 Å². The Morgan fingerprint density at radius 1 is 1.24 bits per heavy atom. The van der Waals surface area contributed by atoms with Crippen molar-refractivity contribution >= 4 is 27.6 Å². The maximum atomic E-state index is 9.33. The Kier molecular flexibility index (Phi) is 5.21. The lowest BCUT2D eigenvalue weighted by atomic mass is 10.0.